The number of hydrogen-bond donors (Lipinski definition) is 1. The Hall–Kier alpha value is -3.76. The van der Waals surface area contributed by atoms with E-state index in [2.05, 4.69) is 6.07 Å². The molecule has 0 saturated carbocycles. The number of nitrogens with zero attached hydrogens (tertiary/aromatic N) is 2. The van der Waals surface area contributed by atoms with Gasteiger partial charge in [0, 0.05) is 28.9 Å². The molecule has 3 aromatic rings. The average molecular weight is 498 g/mol. The van der Waals surface area contributed by atoms with Gasteiger partial charge >= 0.3 is 6.18 Å². The van der Waals surface area contributed by atoms with E-state index in [9.17, 15) is 23.2 Å². The summed E-state index contributed by atoms with van der Waals surface area (Å²) in [5.41, 5.74) is 6.61. The second-order valence-electron chi connectivity index (χ2n) is 7.92. The highest BCUT2D eigenvalue weighted by atomic mass is 35.5. The first kappa shape index (κ1) is 25.9. The van der Waals surface area contributed by atoms with E-state index in [0.717, 1.165) is 12.5 Å². The summed E-state index contributed by atoms with van der Waals surface area (Å²) >= 11 is 6.24. The molecule has 3 rings (SSSR count). The van der Waals surface area contributed by atoms with Gasteiger partial charge in [0.1, 0.15) is 0 Å². The van der Waals surface area contributed by atoms with Gasteiger partial charge in [-0.15, -0.1) is 0 Å². The molecule has 0 aromatic heterocycles. The predicted molar refractivity (Wildman–Crippen MR) is 133 cm³/mol. The van der Waals surface area contributed by atoms with Gasteiger partial charge in [-0.3, -0.25) is 4.79 Å². The van der Waals surface area contributed by atoms with Crippen molar-refractivity contribution in [3.63, 3.8) is 0 Å². The zero-order valence-corrected chi connectivity index (χ0v) is 19.9. The maximum absolute atomic E-state index is 14.3. The van der Waals surface area contributed by atoms with Crippen LogP contribution in [0, 0.1) is 11.3 Å². The molecular formula is C27H23ClF3N3O. The Morgan fingerprint density at radius 1 is 1.11 bits per heavy atom. The fourth-order valence-electron chi connectivity index (χ4n) is 3.73. The molecule has 0 heterocycles. The Balaban J connectivity index is 2.17. The van der Waals surface area contributed by atoms with Crippen molar-refractivity contribution in [2.24, 2.45) is 5.73 Å². The van der Waals surface area contributed by atoms with Gasteiger partial charge in [-0.05, 0) is 60.0 Å². The van der Waals surface area contributed by atoms with Crippen molar-refractivity contribution >= 4 is 28.9 Å². The minimum absolute atomic E-state index is 0.0619. The van der Waals surface area contributed by atoms with E-state index in [1.165, 1.54) is 35.2 Å². The van der Waals surface area contributed by atoms with E-state index in [1.54, 1.807) is 31.3 Å². The lowest BCUT2D eigenvalue weighted by molar-refractivity contribution is -0.137. The number of rotatable bonds is 7. The number of halogens is 4. The number of carbonyl (C=O) groups excluding carboxylic acids is 1. The molecule has 2 N–H and O–H groups in total. The molecule has 0 fully saturated rings. The fraction of sp³-hybridized carbons (Fsp3) is 0.185. The molecule has 1 amide bonds. The number of alkyl halides is 3. The highest BCUT2D eigenvalue weighted by Crippen LogP contribution is 2.42. The van der Waals surface area contributed by atoms with Gasteiger partial charge in [0.15, 0.2) is 0 Å². The van der Waals surface area contributed by atoms with Gasteiger partial charge in [-0.1, -0.05) is 49.2 Å². The molecule has 0 radical (unpaired) electrons. The van der Waals surface area contributed by atoms with Gasteiger partial charge in [0.2, 0.25) is 5.91 Å². The number of hydrogen-bond acceptors (Lipinski definition) is 3. The first-order valence-corrected chi connectivity index (χ1v) is 11.2. The van der Waals surface area contributed by atoms with E-state index in [1.807, 2.05) is 13.0 Å². The Bertz CT molecular complexity index is 1330. The van der Waals surface area contributed by atoms with Crippen molar-refractivity contribution < 1.29 is 18.0 Å². The third-order valence-corrected chi connectivity index (χ3v) is 5.83. The number of anilines is 1. The highest BCUT2D eigenvalue weighted by Gasteiger charge is 2.35. The molecule has 0 aliphatic carbocycles. The minimum atomic E-state index is -4.67. The summed E-state index contributed by atoms with van der Waals surface area (Å²) in [4.78, 5) is 13.0. The molecule has 0 atom stereocenters. The van der Waals surface area contributed by atoms with Crippen LogP contribution >= 0.6 is 11.6 Å². The van der Waals surface area contributed by atoms with Crippen LogP contribution in [0.5, 0.6) is 0 Å². The normalized spacial score (nSPS) is 11.7. The molecular weight excluding hydrogens is 475 g/mol. The van der Waals surface area contributed by atoms with E-state index in [-0.39, 0.29) is 27.4 Å². The zero-order valence-electron chi connectivity index (χ0n) is 19.2. The zero-order chi connectivity index (χ0) is 25.8. The predicted octanol–water partition coefficient (Wildman–Crippen LogP) is 7.27. The fourth-order valence-corrected chi connectivity index (χ4v) is 3.96. The van der Waals surface area contributed by atoms with Gasteiger partial charge in [-0.2, -0.15) is 18.4 Å². The summed E-state index contributed by atoms with van der Waals surface area (Å²) in [6.07, 6.45) is -1.37. The summed E-state index contributed by atoms with van der Waals surface area (Å²) < 4.78 is 42.8. The van der Waals surface area contributed by atoms with E-state index < -0.39 is 17.6 Å². The lowest BCUT2D eigenvalue weighted by Crippen LogP contribution is -2.20. The number of nitrogens with two attached hydrogens (primary N) is 1. The number of allylic oxidation sites excluding steroid dienone is 1. The quantitative estimate of drug-likeness (QED) is 0.373. The molecule has 180 valence electrons. The van der Waals surface area contributed by atoms with Crippen LogP contribution in [0.4, 0.5) is 18.9 Å². The summed E-state index contributed by atoms with van der Waals surface area (Å²) in [6.45, 7) is 1.97. The van der Waals surface area contributed by atoms with E-state index >= 15 is 0 Å². The van der Waals surface area contributed by atoms with Gasteiger partial charge in [-0.25, -0.2) is 0 Å². The Labute approximate surface area is 207 Å². The van der Waals surface area contributed by atoms with E-state index in [4.69, 9.17) is 17.3 Å². The second kappa shape index (κ2) is 10.7. The van der Waals surface area contributed by atoms with Crippen molar-refractivity contribution in [2.75, 3.05) is 11.9 Å². The topological polar surface area (TPSA) is 70.1 Å². The lowest BCUT2D eigenvalue weighted by Gasteiger charge is -2.27. The van der Waals surface area contributed by atoms with Crippen molar-refractivity contribution in [3.8, 4) is 17.2 Å². The Kier molecular flexibility index (Phi) is 7.88. The molecule has 0 spiro atoms. The number of nitriles is 1. The third kappa shape index (κ3) is 5.84. The first-order chi connectivity index (χ1) is 16.6. The number of unbranched alkanes of at least 4 members (excludes halogenated alkanes) is 1. The average Bonchev–Trinajstić information content (AvgIpc) is 2.83. The number of primary amides is 1. The Morgan fingerprint density at radius 2 is 1.86 bits per heavy atom. The number of amides is 1. The van der Waals surface area contributed by atoms with Crippen LogP contribution in [0.15, 0.2) is 66.7 Å². The maximum Gasteiger partial charge on any atom is 0.418 e. The molecule has 0 aliphatic heterocycles. The minimum Gasteiger partial charge on any atom is -0.366 e. The highest BCUT2D eigenvalue weighted by molar-refractivity contribution is 6.33. The molecule has 0 aliphatic rings. The van der Waals surface area contributed by atoms with Crippen LogP contribution in [-0.2, 0) is 6.18 Å². The molecule has 8 heteroatoms. The van der Waals surface area contributed by atoms with Crippen LogP contribution in [-0.4, -0.2) is 13.0 Å². The van der Waals surface area contributed by atoms with Crippen molar-refractivity contribution in [3.05, 3.63) is 94.0 Å². The molecule has 0 saturated heterocycles. The molecule has 0 unspecified atom stereocenters. The van der Waals surface area contributed by atoms with Crippen molar-refractivity contribution in [1.29, 1.82) is 5.26 Å². The van der Waals surface area contributed by atoms with Crippen molar-refractivity contribution in [2.45, 2.75) is 25.9 Å². The SMILES string of the molecule is CCC/C=C(\c1cccc(C#N)c1)N(C)c1ccc(-c2cc(C(N)=O)ccc2Cl)cc1C(F)(F)F. The third-order valence-electron chi connectivity index (χ3n) is 5.50. The largest absolute Gasteiger partial charge is 0.418 e. The van der Waals surface area contributed by atoms with Crippen LogP contribution in [0.25, 0.3) is 16.8 Å². The smallest absolute Gasteiger partial charge is 0.366 e. The Morgan fingerprint density at radius 3 is 2.49 bits per heavy atom. The van der Waals surface area contributed by atoms with Gasteiger partial charge in [0.05, 0.1) is 22.9 Å². The maximum atomic E-state index is 14.3. The summed E-state index contributed by atoms with van der Waals surface area (Å²) in [6, 6.07) is 16.9. The number of carbonyl (C=O) groups is 1. The number of benzene rings is 3. The standard InChI is InChI=1S/C27H23ClF3N3O/c1-3-4-8-24(19-7-5-6-17(13-19)16-32)34(2)25-12-10-18(15-22(25)27(29,30)31)21-14-20(26(33)35)9-11-23(21)28/h5-15H,3-4H2,1-2H3,(H2,33,35)/b24-8+. The molecule has 3 aromatic carbocycles. The molecule has 0 bridgehead atoms. The summed E-state index contributed by atoms with van der Waals surface area (Å²) in [5.74, 6) is -0.708. The van der Waals surface area contributed by atoms with Crippen molar-refractivity contribution in [1.82, 2.24) is 0 Å². The van der Waals surface area contributed by atoms with Crippen LogP contribution in [0.3, 0.4) is 0 Å². The first-order valence-electron chi connectivity index (χ1n) is 10.8. The van der Waals surface area contributed by atoms with Crippen LogP contribution in [0.2, 0.25) is 5.02 Å². The van der Waals surface area contributed by atoms with Gasteiger partial charge in [0.25, 0.3) is 0 Å². The summed E-state index contributed by atoms with van der Waals surface area (Å²) in [5, 5.41) is 9.47. The van der Waals surface area contributed by atoms with Gasteiger partial charge < -0.3 is 10.6 Å². The van der Waals surface area contributed by atoms with E-state index in [0.29, 0.717) is 23.2 Å². The molecule has 35 heavy (non-hydrogen) atoms. The lowest BCUT2D eigenvalue weighted by atomic mass is 9.98. The van der Waals surface area contributed by atoms with Crippen LogP contribution < -0.4 is 10.6 Å². The monoisotopic (exact) mass is 497 g/mol. The second-order valence-corrected chi connectivity index (χ2v) is 8.33. The van der Waals surface area contributed by atoms with Crippen LogP contribution in [0.1, 0.15) is 46.8 Å². The molecule has 4 nitrogen and oxygen atoms in total. The summed E-state index contributed by atoms with van der Waals surface area (Å²) in [7, 11) is 1.56.